The summed E-state index contributed by atoms with van der Waals surface area (Å²) in [6.07, 6.45) is 5.95. The second kappa shape index (κ2) is 7.55. The van der Waals surface area contributed by atoms with Crippen LogP contribution < -0.4 is 0 Å². The quantitative estimate of drug-likeness (QED) is 0.674. The van der Waals surface area contributed by atoms with Gasteiger partial charge in [0.2, 0.25) is 0 Å². The van der Waals surface area contributed by atoms with Crippen LogP contribution in [0.5, 0.6) is 0 Å². The SMILES string of the molecule is CC(=O)CCC(=O)C=CCCc1ccccc1. The first-order valence-corrected chi connectivity index (χ1v) is 5.91. The average molecular weight is 230 g/mol. The molecule has 2 heteroatoms. The van der Waals surface area contributed by atoms with E-state index in [1.165, 1.54) is 12.5 Å². The molecule has 0 spiro atoms. The van der Waals surface area contributed by atoms with Crippen molar-refractivity contribution < 1.29 is 9.59 Å². The number of hydrogen-bond acceptors (Lipinski definition) is 2. The fourth-order valence-corrected chi connectivity index (χ4v) is 1.49. The number of Topliss-reactive ketones (excluding diaryl/α,β-unsaturated/α-hetero) is 1. The highest BCUT2D eigenvalue weighted by atomic mass is 16.1. The molecule has 0 amide bonds. The van der Waals surface area contributed by atoms with Gasteiger partial charge >= 0.3 is 0 Å². The van der Waals surface area contributed by atoms with Crippen LogP contribution in [-0.2, 0) is 16.0 Å². The third-order valence-corrected chi connectivity index (χ3v) is 2.47. The zero-order valence-electron chi connectivity index (χ0n) is 10.2. The second-order valence-electron chi connectivity index (χ2n) is 4.09. The van der Waals surface area contributed by atoms with E-state index in [0.29, 0.717) is 12.8 Å². The number of ketones is 2. The molecule has 1 aromatic carbocycles. The largest absolute Gasteiger partial charge is 0.300 e. The minimum atomic E-state index is 0.0354. The van der Waals surface area contributed by atoms with Gasteiger partial charge < -0.3 is 4.79 Å². The molecule has 0 saturated heterocycles. The van der Waals surface area contributed by atoms with Crippen molar-refractivity contribution in [2.75, 3.05) is 0 Å². The van der Waals surface area contributed by atoms with Crippen LogP contribution >= 0.6 is 0 Å². The third kappa shape index (κ3) is 6.46. The molecule has 0 fully saturated rings. The Labute approximate surface area is 102 Å². The maximum atomic E-state index is 11.3. The van der Waals surface area contributed by atoms with E-state index in [0.717, 1.165) is 12.8 Å². The van der Waals surface area contributed by atoms with Gasteiger partial charge in [0.1, 0.15) is 5.78 Å². The van der Waals surface area contributed by atoms with Gasteiger partial charge in [-0.1, -0.05) is 36.4 Å². The molecule has 0 radical (unpaired) electrons. The average Bonchev–Trinajstić information content (AvgIpc) is 2.33. The van der Waals surface area contributed by atoms with Crippen molar-refractivity contribution in [1.29, 1.82) is 0 Å². The van der Waals surface area contributed by atoms with Gasteiger partial charge in [-0.2, -0.15) is 0 Å². The highest BCUT2D eigenvalue weighted by Crippen LogP contribution is 2.03. The lowest BCUT2D eigenvalue weighted by atomic mass is 10.1. The van der Waals surface area contributed by atoms with Crippen LogP contribution in [0.4, 0.5) is 0 Å². The van der Waals surface area contributed by atoms with Crippen LogP contribution in [-0.4, -0.2) is 11.6 Å². The number of rotatable bonds is 7. The van der Waals surface area contributed by atoms with Gasteiger partial charge in [-0.25, -0.2) is 0 Å². The van der Waals surface area contributed by atoms with Gasteiger partial charge in [-0.15, -0.1) is 0 Å². The van der Waals surface area contributed by atoms with Gasteiger partial charge in [0.05, 0.1) is 0 Å². The van der Waals surface area contributed by atoms with E-state index in [9.17, 15) is 9.59 Å². The van der Waals surface area contributed by atoms with Gasteiger partial charge in [-0.05, 0) is 31.4 Å². The van der Waals surface area contributed by atoms with Crippen molar-refractivity contribution in [3.63, 3.8) is 0 Å². The molecule has 0 saturated carbocycles. The number of allylic oxidation sites excluding steroid dienone is 2. The standard InChI is InChI=1S/C15H18O2/c1-13(16)11-12-15(17)10-6-5-9-14-7-3-2-4-8-14/h2-4,6-8,10H,5,9,11-12H2,1H3. The van der Waals surface area contributed by atoms with Crippen LogP contribution in [0, 0.1) is 0 Å². The fraction of sp³-hybridized carbons (Fsp3) is 0.333. The summed E-state index contributed by atoms with van der Waals surface area (Å²) in [6.45, 7) is 1.51. The van der Waals surface area contributed by atoms with E-state index < -0.39 is 0 Å². The molecular weight excluding hydrogens is 212 g/mol. The van der Waals surface area contributed by atoms with Crippen molar-refractivity contribution in [1.82, 2.24) is 0 Å². The van der Waals surface area contributed by atoms with Gasteiger partial charge in [-0.3, -0.25) is 4.79 Å². The molecule has 0 atom stereocenters. The summed E-state index contributed by atoms with van der Waals surface area (Å²) in [6, 6.07) is 10.2. The number of carbonyl (C=O) groups is 2. The van der Waals surface area contributed by atoms with Crippen LogP contribution in [0.3, 0.4) is 0 Å². The van der Waals surface area contributed by atoms with Crippen molar-refractivity contribution in [3.05, 3.63) is 48.0 Å². The van der Waals surface area contributed by atoms with Crippen LogP contribution in [0.25, 0.3) is 0 Å². The molecule has 0 aliphatic rings. The second-order valence-corrected chi connectivity index (χ2v) is 4.09. The van der Waals surface area contributed by atoms with Crippen molar-refractivity contribution in [2.45, 2.75) is 32.6 Å². The minimum absolute atomic E-state index is 0.0354. The molecule has 0 aliphatic carbocycles. The van der Waals surface area contributed by atoms with E-state index in [-0.39, 0.29) is 11.6 Å². The Morgan fingerprint density at radius 3 is 2.47 bits per heavy atom. The van der Waals surface area contributed by atoms with Crippen molar-refractivity contribution in [3.8, 4) is 0 Å². The zero-order valence-corrected chi connectivity index (χ0v) is 10.2. The molecule has 0 N–H and O–H groups in total. The van der Waals surface area contributed by atoms with Gasteiger partial charge in [0.15, 0.2) is 5.78 Å². The van der Waals surface area contributed by atoms with E-state index in [4.69, 9.17) is 0 Å². The van der Waals surface area contributed by atoms with E-state index in [1.54, 1.807) is 6.08 Å². The van der Waals surface area contributed by atoms with E-state index in [2.05, 4.69) is 12.1 Å². The van der Waals surface area contributed by atoms with E-state index >= 15 is 0 Å². The Morgan fingerprint density at radius 2 is 1.82 bits per heavy atom. The van der Waals surface area contributed by atoms with Crippen LogP contribution in [0.15, 0.2) is 42.5 Å². The molecule has 0 bridgehead atoms. The summed E-state index contributed by atoms with van der Waals surface area (Å²) < 4.78 is 0. The first-order chi connectivity index (χ1) is 8.18. The normalized spacial score (nSPS) is 10.6. The van der Waals surface area contributed by atoms with Crippen molar-refractivity contribution >= 4 is 11.6 Å². The predicted molar refractivity (Wildman–Crippen MR) is 68.8 cm³/mol. The summed E-state index contributed by atoms with van der Waals surface area (Å²) in [7, 11) is 0. The number of benzene rings is 1. The summed E-state index contributed by atoms with van der Waals surface area (Å²) in [4.78, 5) is 22.0. The Kier molecular flexibility index (Phi) is 5.94. The fourth-order valence-electron chi connectivity index (χ4n) is 1.49. The van der Waals surface area contributed by atoms with E-state index in [1.807, 2.05) is 24.3 Å². The first-order valence-electron chi connectivity index (χ1n) is 5.91. The number of carbonyl (C=O) groups excluding carboxylic acids is 2. The predicted octanol–water partition coefficient (Wildman–Crippen LogP) is 3.11. The maximum absolute atomic E-state index is 11.3. The van der Waals surface area contributed by atoms with Crippen LogP contribution in [0.2, 0.25) is 0 Å². The van der Waals surface area contributed by atoms with Crippen LogP contribution in [0.1, 0.15) is 31.7 Å². The lowest BCUT2D eigenvalue weighted by molar-refractivity contribution is -0.120. The number of hydrogen-bond donors (Lipinski definition) is 0. The molecule has 1 aromatic rings. The lowest BCUT2D eigenvalue weighted by Crippen LogP contribution is -1.97. The van der Waals surface area contributed by atoms with Crippen molar-refractivity contribution in [2.24, 2.45) is 0 Å². The monoisotopic (exact) mass is 230 g/mol. The summed E-state index contributed by atoms with van der Waals surface area (Å²) in [5, 5.41) is 0. The summed E-state index contributed by atoms with van der Waals surface area (Å²) in [5.41, 5.74) is 1.27. The molecule has 1 rings (SSSR count). The molecule has 0 unspecified atom stereocenters. The minimum Gasteiger partial charge on any atom is -0.300 e. The molecule has 0 heterocycles. The summed E-state index contributed by atoms with van der Waals surface area (Å²) >= 11 is 0. The maximum Gasteiger partial charge on any atom is 0.155 e. The molecular formula is C15H18O2. The Balaban J connectivity index is 2.22. The number of aryl methyl sites for hydroxylation is 1. The molecule has 90 valence electrons. The first kappa shape index (κ1) is 13.4. The Hall–Kier alpha value is -1.70. The highest BCUT2D eigenvalue weighted by molar-refractivity contribution is 5.92. The molecule has 0 aromatic heterocycles. The Bertz CT molecular complexity index is 391. The zero-order chi connectivity index (χ0) is 12.5. The molecule has 2 nitrogen and oxygen atoms in total. The third-order valence-electron chi connectivity index (χ3n) is 2.47. The van der Waals surface area contributed by atoms with Gasteiger partial charge in [0.25, 0.3) is 0 Å². The summed E-state index contributed by atoms with van der Waals surface area (Å²) in [5.74, 6) is 0.101. The highest BCUT2D eigenvalue weighted by Gasteiger charge is 1.99. The smallest absolute Gasteiger partial charge is 0.155 e. The molecule has 17 heavy (non-hydrogen) atoms. The van der Waals surface area contributed by atoms with Gasteiger partial charge in [0, 0.05) is 12.8 Å². The lowest BCUT2D eigenvalue weighted by Gasteiger charge is -1.96. The Morgan fingerprint density at radius 1 is 1.12 bits per heavy atom. The molecule has 0 aliphatic heterocycles. The topological polar surface area (TPSA) is 34.1 Å².